The fraction of sp³-hybridized carbons (Fsp3) is 0.235. The van der Waals surface area contributed by atoms with Crippen LogP contribution in [-0.4, -0.2) is 29.2 Å². The minimum atomic E-state index is 0.143. The highest BCUT2D eigenvalue weighted by molar-refractivity contribution is 5.84. The lowest BCUT2D eigenvalue weighted by atomic mass is 10.2. The first-order valence-corrected chi connectivity index (χ1v) is 7.71. The number of anilines is 2. The Balaban J connectivity index is 1.71. The molecular weight excluding hydrogens is 320 g/mol. The van der Waals surface area contributed by atoms with Gasteiger partial charge in [0.25, 0.3) is 0 Å². The summed E-state index contributed by atoms with van der Waals surface area (Å²) in [5.41, 5.74) is 14.5. The largest absolute Gasteiger partial charge is 0.497 e. The van der Waals surface area contributed by atoms with Gasteiger partial charge in [-0.05, 0) is 18.2 Å². The third-order valence-electron chi connectivity index (χ3n) is 3.76. The van der Waals surface area contributed by atoms with E-state index < -0.39 is 0 Å². The van der Waals surface area contributed by atoms with Gasteiger partial charge in [0.15, 0.2) is 5.82 Å². The number of aromatic nitrogens is 3. The average molecular weight is 340 g/mol. The number of rotatable bonds is 6. The van der Waals surface area contributed by atoms with Crippen molar-refractivity contribution in [2.75, 3.05) is 25.7 Å². The van der Waals surface area contributed by atoms with Gasteiger partial charge in [-0.15, -0.1) is 0 Å². The molecule has 0 saturated carbocycles. The molecule has 0 atom stereocenters. The smallest absolute Gasteiger partial charge is 0.222 e. The van der Waals surface area contributed by atoms with Crippen molar-refractivity contribution in [3.05, 3.63) is 41.6 Å². The topological polar surface area (TPSA) is 121 Å². The zero-order valence-electron chi connectivity index (χ0n) is 14.1. The number of hydrogen-bond donors (Lipinski definition) is 3. The van der Waals surface area contributed by atoms with Crippen LogP contribution in [0.3, 0.4) is 0 Å². The summed E-state index contributed by atoms with van der Waals surface area (Å²) in [5, 5.41) is 3.34. The Morgan fingerprint density at radius 1 is 0.960 bits per heavy atom. The van der Waals surface area contributed by atoms with Crippen molar-refractivity contribution >= 4 is 22.8 Å². The molecule has 2 aromatic heterocycles. The summed E-state index contributed by atoms with van der Waals surface area (Å²) in [6.45, 7) is 1.19. The van der Waals surface area contributed by atoms with Crippen molar-refractivity contribution in [1.29, 1.82) is 0 Å². The molecule has 0 fully saturated rings. The number of methoxy groups -OCH3 is 2. The number of nitrogens with two attached hydrogens (primary N) is 2. The molecule has 0 spiro atoms. The highest BCUT2D eigenvalue weighted by Crippen LogP contribution is 2.24. The maximum absolute atomic E-state index is 5.87. The van der Waals surface area contributed by atoms with Crippen molar-refractivity contribution in [3.63, 3.8) is 0 Å². The first-order chi connectivity index (χ1) is 12.1. The van der Waals surface area contributed by atoms with Gasteiger partial charge < -0.3 is 26.3 Å². The molecule has 0 aliphatic rings. The Hall–Kier alpha value is -3.13. The van der Waals surface area contributed by atoms with Gasteiger partial charge in [-0.1, -0.05) is 6.07 Å². The van der Waals surface area contributed by atoms with E-state index in [2.05, 4.69) is 20.3 Å². The number of fused-ring (bicyclic) bond motifs is 1. The zero-order chi connectivity index (χ0) is 17.8. The molecule has 0 amide bonds. The molecule has 8 heteroatoms. The fourth-order valence-corrected chi connectivity index (χ4v) is 2.52. The van der Waals surface area contributed by atoms with Crippen molar-refractivity contribution in [2.45, 2.75) is 13.1 Å². The third-order valence-corrected chi connectivity index (χ3v) is 3.76. The molecule has 0 bridgehead atoms. The van der Waals surface area contributed by atoms with Crippen molar-refractivity contribution in [1.82, 2.24) is 20.3 Å². The lowest BCUT2D eigenvalue weighted by Gasteiger charge is -2.11. The van der Waals surface area contributed by atoms with Gasteiger partial charge in [0.05, 0.1) is 25.4 Å². The van der Waals surface area contributed by atoms with E-state index in [0.717, 1.165) is 22.8 Å². The van der Waals surface area contributed by atoms with Crippen molar-refractivity contribution < 1.29 is 9.47 Å². The summed E-state index contributed by atoms with van der Waals surface area (Å²) in [7, 11) is 3.26. The number of pyridine rings is 1. The van der Waals surface area contributed by atoms with Gasteiger partial charge in [-0.2, -0.15) is 4.98 Å². The van der Waals surface area contributed by atoms with Crippen LogP contribution in [0.2, 0.25) is 0 Å². The third kappa shape index (κ3) is 3.69. The van der Waals surface area contributed by atoms with Gasteiger partial charge in [0.1, 0.15) is 17.0 Å². The SMILES string of the molecule is COc1ccc(CNCc2ccc3nc(N)nc(N)c3n2)c(OC)c1. The second-order valence-corrected chi connectivity index (χ2v) is 5.42. The van der Waals surface area contributed by atoms with Crippen LogP contribution in [0.1, 0.15) is 11.3 Å². The predicted molar refractivity (Wildman–Crippen MR) is 96.2 cm³/mol. The molecule has 8 nitrogen and oxygen atoms in total. The normalized spacial score (nSPS) is 10.8. The molecule has 3 rings (SSSR count). The van der Waals surface area contributed by atoms with E-state index in [1.807, 2.05) is 30.3 Å². The Morgan fingerprint density at radius 2 is 1.80 bits per heavy atom. The molecule has 130 valence electrons. The summed E-state index contributed by atoms with van der Waals surface area (Å²) in [5.74, 6) is 1.95. The summed E-state index contributed by atoms with van der Waals surface area (Å²) in [4.78, 5) is 12.6. The summed E-state index contributed by atoms with van der Waals surface area (Å²) in [6, 6.07) is 9.44. The Morgan fingerprint density at radius 3 is 2.56 bits per heavy atom. The molecule has 2 heterocycles. The Labute approximate surface area is 145 Å². The van der Waals surface area contributed by atoms with Gasteiger partial charge in [-0.25, -0.2) is 9.97 Å². The lowest BCUT2D eigenvalue weighted by molar-refractivity contribution is 0.389. The second kappa shape index (κ2) is 7.18. The predicted octanol–water partition coefficient (Wildman–Crippen LogP) is 1.50. The zero-order valence-corrected chi connectivity index (χ0v) is 14.1. The van der Waals surface area contributed by atoms with Crippen LogP contribution < -0.4 is 26.3 Å². The molecule has 0 radical (unpaired) electrons. The maximum atomic E-state index is 5.87. The highest BCUT2D eigenvalue weighted by Gasteiger charge is 2.08. The van der Waals surface area contributed by atoms with Crippen LogP contribution >= 0.6 is 0 Å². The number of nitrogens with one attached hydrogen (secondary N) is 1. The second-order valence-electron chi connectivity index (χ2n) is 5.42. The van der Waals surface area contributed by atoms with Crippen LogP contribution in [0.15, 0.2) is 30.3 Å². The molecule has 1 aromatic carbocycles. The maximum Gasteiger partial charge on any atom is 0.222 e. The molecule has 0 unspecified atom stereocenters. The quantitative estimate of drug-likeness (QED) is 0.617. The van der Waals surface area contributed by atoms with Crippen molar-refractivity contribution in [3.8, 4) is 11.5 Å². The summed E-state index contributed by atoms with van der Waals surface area (Å²) < 4.78 is 10.6. The van der Waals surface area contributed by atoms with E-state index >= 15 is 0 Å². The molecule has 0 saturated heterocycles. The van der Waals surface area contributed by atoms with E-state index in [-0.39, 0.29) is 11.8 Å². The molecule has 5 N–H and O–H groups in total. The van der Waals surface area contributed by atoms with E-state index in [4.69, 9.17) is 20.9 Å². The van der Waals surface area contributed by atoms with Crippen LogP contribution in [0, 0.1) is 0 Å². The molecule has 0 aliphatic heterocycles. The first kappa shape index (κ1) is 16.7. The first-order valence-electron chi connectivity index (χ1n) is 7.71. The molecule has 3 aromatic rings. The monoisotopic (exact) mass is 340 g/mol. The van der Waals surface area contributed by atoms with Crippen LogP contribution in [-0.2, 0) is 13.1 Å². The molecular formula is C17H20N6O2. The highest BCUT2D eigenvalue weighted by atomic mass is 16.5. The number of nitrogen functional groups attached to an aromatic ring is 2. The van der Waals surface area contributed by atoms with Crippen LogP contribution in [0.25, 0.3) is 11.0 Å². The fourth-order valence-electron chi connectivity index (χ4n) is 2.52. The summed E-state index contributed by atoms with van der Waals surface area (Å²) in [6.07, 6.45) is 0. The average Bonchev–Trinajstić information content (AvgIpc) is 2.62. The number of hydrogen-bond acceptors (Lipinski definition) is 8. The van der Waals surface area contributed by atoms with E-state index in [9.17, 15) is 0 Å². The standard InChI is InChI=1S/C17H20N6O2/c1-24-12-5-3-10(14(7-12)25-2)8-20-9-11-4-6-13-15(21-11)16(18)23-17(19)22-13/h3-7,20H,8-9H2,1-2H3,(H4,18,19,22,23). The van der Waals surface area contributed by atoms with E-state index in [1.165, 1.54) is 0 Å². The van der Waals surface area contributed by atoms with Gasteiger partial charge in [0.2, 0.25) is 5.95 Å². The Kier molecular flexibility index (Phi) is 4.80. The van der Waals surface area contributed by atoms with Gasteiger partial charge in [-0.3, -0.25) is 0 Å². The summed E-state index contributed by atoms with van der Waals surface area (Å²) >= 11 is 0. The van der Waals surface area contributed by atoms with E-state index in [1.54, 1.807) is 14.2 Å². The Bertz CT molecular complexity index is 900. The molecule has 0 aliphatic carbocycles. The lowest BCUT2D eigenvalue weighted by Crippen LogP contribution is -2.14. The number of benzene rings is 1. The van der Waals surface area contributed by atoms with Gasteiger partial charge in [0, 0.05) is 24.7 Å². The number of nitrogens with zero attached hydrogens (tertiary/aromatic N) is 3. The minimum Gasteiger partial charge on any atom is -0.497 e. The van der Waals surface area contributed by atoms with Crippen LogP contribution in [0.5, 0.6) is 11.5 Å². The van der Waals surface area contributed by atoms with Crippen LogP contribution in [0.4, 0.5) is 11.8 Å². The minimum absolute atomic E-state index is 0.143. The van der Waals surface area contributed by atoms with Gasteiger partial charge >= 0.3 is 0 Å². The molecule has 25 heavy (non-hydrogen) atoms. The number of ether oxygens (including phenoxy) is 2. The van der Waals surface area contributed by atoms with Crippen molar-refractivity contribution in [2.24, 2.45) is 0 Å². The van der Waals surface area contributed by atoms with E-state index in [0.29, 0.717) is 24.1 Å².